The number of ether oxygens (including phenoxy) is 2. The number of nitrogens with two attached hydrogens (primary N) is 1. The maximum Gasteiger partial charge on any atom is 0.344 e. The first-order chi connectivity index (χ1) is 9.65. The fraction of sp³-hybridized carbons (Fsp3) is 0.467. The van der Waals surface area contributed by atoms with E-state index >= 15 is 0 Å². The molecule has 0 saturated heterocycles. The van der Waals surface area contributed by atoms with Crippen molar-refractivity contribution in [1.29, 1.82) is 0 Å². The quantitative estimate of drug-likeness (QED) is 0.652. The molecule has 1 unspecified atom stereocenters. The standard InChI is InChI=1S/C15H22N2O4/c1-9(13(18)17-15(2,3)4)21-14(19)12-10(16)7-6-8-11(12)20-5/h6-9H,16H2,1-5H3,(H,17,18). The molecule has 0 aliphatic rings. The van der Waals surface area contributed by atoms with Gasteiger partial charge in [-0.3, -0.25) is 4.79 Å². The van der Waals surface area contributed by atoms with Crippen molar-refractivity contribution < 1.29 is 19.1 Å². The van der Waals surface area contributed by atoms with Gasteiger partial charge in [0.1, 0.15) is 11.3 Å². The Morgan fingerprint density at radius 1 is 1.29 bits per heavy atom. The molecule has 1 rings (SSSR count). The van der Waals surface area contributed by atoms with Gasteiger partial charge in [-0.2, -0.15) is 0 Å². The Labute approximate surface area is 124 Å². The zero-order valence-corrected chi connectivity index (χ0v) is 13.0. The van der Waals surface area contributed by atoms with Crippen LogP contribution in [-0.2, 0) is 9.53 Å². The van der Waals surface area contributed by atoms with Crippen LogP contribution in [0, 0.1) is 0 Å². The summed E-state index contributed by atoms with van der Waals surface area (Å²) >= 11 is 0. The third-order valence-corrected chi connectivity index (χ3v) is 2.63. The van der Waals surface area contributed by atoms with E-state index in [1.165, 1.54) is 14.0 Å². The molecule has 1 aromatic carbocycles. The van der Waals surface area contributed by atoms with E-state index < -0.39 is 17.6 Å². The number of rotatable bonds is 4. The number of anilines is 1. The van der Waals surface area contributed by atoms with Gasteiger partial charge >= 0.3 is 5.97 Å². The number of carbonyl (C=O) groups excluding carboxylic acids is 2. The zero-order valence-electron chi connectivity index (χ0n) is 13.0. The lowest BCUT2D eigenvalue weighted by molar-refractivity contribution is -0.130. The molecule has 1 aromatic rings. The van der Waals surface area contributed by atoms with Crippen molar-refractivity contribution >= 4 is 17.6 Å². The maximum atomic E-state index is 12.2. The van der Waals surface area contributed by atoms with E-state index in [-0.39, 0.29) is 17.2 Å². The largest absolute Gasteiger partial charge is 0.496 e. The number of carbonyl (C=O) groups is 2. The minimum absolute atomic E-state index is 0.121. The monoisotopic (exact) mass is 294 g/mol. The van der Waals surface area contributed by atoms with Gasteiger partial charge in [0, 0.05) is 11.2 Å². The number of nitrogens with one attached hydrogen (secondary N) is 1. The van der Waals surface area contributed by atoms with Crippen LogP contribution < -0.4 is 15.8 Å². The Bertz CT molecular complexity index is 535. The number of methoxy groups -OCH3 is 1. The summed E-state index contributed by atoms with van der Waals surface area (Å²) in [5, 5.41) is 2.74. The van der Waals surface area contributed by atoms with E-state index in [0.29, 0.717) is 5.75 Å². The first-order valence-electron chi connectivity index (χ1n) is 6.61. The molecule has 0 aliphatic carbocycles. The molecule has 1 amide bonds. The molecule has 0 bridgehead atoms. The van der Waals surface area contributed by atoms with E-state index in [0.717, 1.165) is 0 Å². The Hall–Kier alpha value is -2.24. The van der Waals surface area contributed by atoms with E-state index in [1.54, 1.807) is 18.2 Å². The summed E-state index contributed by atoms with van der Waals surface area (Å²) < 4.78 is 10.2. The minimum atomic E-state index is -0.930. The second kappa shape index (κ2) is 6.47. The van der Waals surface area contributed by atoms with Crippen molar-refractivity contribution in [3.63, 3.8) is 0 Å². The second-order valence-electron chi connectivity index (χ2n) is 5.71. The number of benzene rings is 1. The van der Waals surface area contributed by atoms with E-state index in [1.807, 2.05) is 20.8 Å². The Kier molecular flexibility index (Phi) is 5.18. The molecule has 0 aromatic heterocycles. The SMILES string of the molecule is COc1cccc(N)c1C(=O)OC(C)C(=O)NC(C)(C)C. The van der Waals surface area contributed by atoms with Gasteiger partial charge in [0.25, 0.3) is 5.91 Å². The van der Waals surface area contributed by atoms with Crippen LogP contribution >= 0.6 is 0 Å². The number of hydrogen-bond acceptors (Lipinski definition) is 5. The molecule has 6 heteroatoms. The highest BCUT2D eigenvalue weighted by molar-refractivity contribution is 5.99. The summed E-state index contributed by atoms with van der Waals surface area (Å²) in [4.78, 5) is 24.1. The number of esters is 1. The number of amides is 1. The molecular formula is C15H22N2O4. The molecule has 6 nitrogen and oxygen atoms in total. The van der Waals surface area contributed by atoms with Gasteiger partial charge in [0.15, 0.2) is 6.10 Å². The fourth-order valence-corrected chi connectivity index (χ4v) is 1.68. The van der Waals surface area contributed by atoms with Crippen LogP contribution in [0.15, 0.2) is 18.2 Å². The van der Waals surface area contributed by atoms with Gasteiger partial charge in [-0.15, -0.1) is 0 Å². The van der Waals surface area contributed by atoms with E-state index in [2.05, 4.69) is 5.32 Å². The summed E-state index contributed by atoms with van der Waals surface area (Å²) in [5.74, 6) is -0.755. The van der Waals surface area contributed by atoms with E-state index in [9.17, 15) is 9.59 Å². The van der Waals surface area contributed by atoms with Crippen LogP contribution in [0.4, 0.5) is 5.69 Å². The van der Waals surface area contributed by atoms with E-state index in [4.69, 9.17) is 15.2 Å². The fourth-order valence-electron chi connectivity index (χ4n) is 1.68. The van der Waals surface area contributed by atoms with Crippen molar-refractivity contribution in [2.24, 2.45) is 0 Å². The van der Waals surface area contributed by atoms with Crippen molar-refractivity contribution in [3.05, 3.63) is 23.8 Å². The van der Waals surface area contributed by atoms with Gasteiger partial charge < -0.3 is 20.5 Å². The summed E-state index contributed by atoms with van der Waals surface area (Å²) in [6, 6.07) is 4.84. The topological polar surface area (TPSA) is 90.7 Å². The molecule has 0 spiro atoms. The second-order valence-corrected chi connectivity index (χ2v) is 5.71. The van der Waals surface area contributed by atoms with Crippen LogP contribution in [-0.4, -0.2) is 30.6 Å². The molecular weight excluding hydrogens is 272 g/mol. The summed E-state index contributed by atoms with van der Waals surface area (Å²) in [7, 11) is 1.43. The van der Waals surface area contributed by atoms with Crippen molar-refractivity contribution in [1.82, 2.24) is 5.32 Å². The normalized spacial score (nSPS) is 12.4. The average Bonchev–Trinajstić information content (AvgIpc) is 2.35. The van der Waals surface area contributed by atoms with Crippen LogP contribution in [0.25, 0.3) is 0 Å². The third-order valence-electron chi connectivity index (χ3n) is 2.63. The highest BCUT2D eigenvalue weighted by Gasteiger charge is 2.25. The molecule has 0 saturated carbocycles. The van der Waals surface area contributed by atoms with Crippen LogP contribution in [0.3, 0.4) is 0 Å². The highest BCUT2D eigenvalue weighted by atomic mass is 16.5. The number of nitrogen functional groups attached to an aromatic ring is 1. The highest BCUT2D eigenvalue weighted by Crippen LogP contribution is 2.25. The van der Waals surface area contributed by atoms with Gasteiger partial charge in [-0.1, -0.05) is 6.07 Å². The van der Waals surface area contributed by atoms with Crippen LogP contribution in [0.2, 0.25) is 0 Å². The lowest BCUT2D eigenvalue weighted by Crippen LogP contribution is -2.46. The third kappa shape index (κ3) is 4.66. The van der Waals surface area contributed by atoms with Crippen molar-refractivity contribution in [2.75, 3.05) is 12.8 Å². The van der Waals surface area contributed by atoms with Crippen LogP contribution in [0.1, 0.15) is 38.1 Å². The maximum absolute atomic E-state index is 12.2. The van der Waals surface area contributed by atoms with Gasteiger partial charge in [0.2, 0.25) is 0 Å². The molecule has 0 fully saturated rings. The first-order valence-corrected chi connectivity index (χ1v) is 6.61. The summed E-state index contributed by atoms with van der Waals surface area (Å²) in [6.45, 7) is 7.04. The Balaban J connectivity index is 2.85. The summed E-state index contributed by atoms with van der Waals surface area (Å²) in [6.07, 6.45) is -0.930. The Morgan fingerprint density at radius 2 is 1.90 bits per heavy atom. The van der Waals surface area contributed by atoms with Crippen molar-refractivity contribution in [2.45, 2.75) is 39.3 Å². The van der Waals surface area contributed by atoms with Gasteiger partial charge in [-0.05, 0) is 39.8 Å². The van der Waals surface area contributed by atoms with Crippen molar-refractivity contribution in [3.8, 4) is 5.75 Å². The van der Waals surface area contributed by atoms with Gasteiger partial charge in [0.05, 0.1) is 7.11 Å². The molecule has 1 atom stereocenters. The zero-order chi connectivity index (χ0) is 16.2. The predicted octanol–water partition coefficient (Wildman–Crippen LogP) is 1.74. The molecule has 0 radical (unpaired) electrons. The van der Waals surface area contributed by atoms with Crippen LogP contribution in [0.5, 0.6) is 5.75 Å². The average molecular weight is 294 g/mol. The predicted molar refractivity (Wildman–Crippen MR) is 80.2 cm³/mol. The van der Waals surface area contributed by atoms with Gasteiger partial charge in [-0.25, -0.2) is 4.79 Å². The Morgan fingerprint density at radius 3 is 2.43 bits per heavy atom. The lowest BCUT2D eigenvalue weighted by atomic mass is 10.1. The molecule has 3 N–H and O–H groups in total. The molecule has 0 heterocycles. The summed E-state index contributed by atoms with van der Waals surface area (Å²) in [5.41, 5.74) is 5.73. The minimum Gasteiger partial charge on any atom is -0.496 e. The molecule has 0 aliphatic heterocycles. The smallest absolute Gasteiger partial charge is 0.344 e. The molecule has 21 heavy (non-hydrogen) atoms. The molecule has 116 valence electrons. The number of hydrogen-bond donors (Lipinski definition) is 2. The first kappa shape index (κ1) is 16.8. The lowest BCUT2D eigenvalue weighted by Gasteiger charge is -2.23.